The minimum Gasteiger partial charge on any atom is -0.366 e. The van der Waals surface area contributed by atoms with Crippen LogP contribution in [0.25, 0.3) is 0 Å². The smallest absolute Gasteiger partial charge is 0.203 e. The summed E-state index contributed by atoms with van der Waals surface area (Å²) in [5, 5.41) is 0. The van der Waals surface area contributed by atoms with Crippen molar-refractivity contribution < 1.29 is 27.4 Å². The van der Waals surface area contributed by atoms with Crippen LogP contribution in [0.2, 0.25) is 0 Å². The molecule has 0 radical (unpaired) electrons. The molecule has 2 aliphatic carbocycles. The maximum absolute atomic E-state index is 12.7. The van der Waals surface area contributed by atoms with Gasteiger partial charge in [-0.3, -0.25) is 0 Å². The minimum absolute atomic E-state index is 0.0820. The van der Waals surface area contributed by atoms with E-state index >= 15 is 0 Å². The van der Waals surface area contributed by atoms with E-state index in [1.807, 2.05) is 0 Å². The van der Waals surface area contributed by atoms with Gasteiger partial charge in [0.15, 0.2) is 10.9 Å². The second-order valence-electron chi connectivity index (χ2n) is 9.51. The van der Waals surface area contributed by atoms with Crippen LogP contribution in [0, 0.1) is 11.8 Å². The van der Waals surface area contributed by atoms with E-state index in [2.05, 4.69) is 13.8 Å². The summed E-state index contributed by atoms with van der Waals surface area (Å²) in [6.45, 7) is 8.51. The maximum atomic E-state index is 12.7. The Morgan fingerprint density at radius 1 is 0.889 bits per heavy atom. The summed E-state index contributed by atoms with van der Waals surface area (Å²) in [6, 6.07) is 0. The van der Waals surface area contributed by atoms with Crippen molar-refractivity contribution in [2.75, 3.05) is 13.2 Å². The molecule has 2 saturated heterocycles. The second-order valence-corrected chi connectivity index (χ2v) is 12.0. The van der Waals surface area contributed by atoms with Crippen molar-refractivity contribution in [2.45, 2.75) is 101 Å². The van der Waals surface area contributed by atoms with E-state index < -0.39 is 20.7 Å². The number of rotatable bonds is 8. The summed E-state index contributed by atoms with van der Waals surface area (Å²) in [6.07, 6.45) is 6.77. The molecule has 7 heteroatoms. The Hall–Kier alpha value is -0.210. The third kappa shape index (κ3) is 4.08. The van der Waals surface area contributed by atoms with Crippen molar-refractivity contribution in [2.24, 2.45) is 11.8 Å². The number of hydrogen-bond donors (Lipinski definition) is 0. The van der Waals surface area contributed by atoms with Crippen molar-refractivity contribution in [3.8, 4) is 0 Å². The molecule has 2 heterocycles. The van der Waals surface area contributed by atoms with E-state index in [9.17, 15) is 8.42 Å². The molecule has 0 spiro atoms. The standard InChI is InChI=1S/C20H34O6S/c1-13(23-11-15-5-7-19(3)17(9-15)25-19)27(21,22)14(2)24-12-16-6-8-20(4)18(10-16)26-20/h13-18H,5-12H2,1-4H3. The molecule has 4 rings (SSSR count). The van der Waals surface area contributed by atoms with Gasteiger partial charge in [-0.25, -0.2) is 8.42 Å². The molecule has 0 aromatic carbocycles. The van der Waals surface area contributed by atoms with Crippen LogP contribution in [0.4, 0.5) is 0 Å². The largest absolute Gasteiger partial charge is 0.366 e. The van der Waals surface area contributed by atoms with Crippen LogP contribution in [0.15, 0.2) is 0 Å². The van der Waals surface area contributed by atoms with Gasteiger partial charge < -0.3 is 18.9 Å². The van der Waals surface area contributed by atoms with Crippen molar-refractivity contribution >= 4 is 9.84 Å². The van der Waals surface area contributed by atoms with Gasteiger partial charge in [0.25, 0.3) is 0 Å². The predicted octanol–water partition coefficient (Wildman–Crippen LogP) is 3.04. The van der Waals surface area contributed by atoms with Gasteiger partial charge in [-0.05, 0) is 78.1 Å². The Morgan fingerprint density at radius 2 is 1.30 bits per heavy atom. The van der Waals surface area contributed by atoms with Gasteiger partial charge in [-0.2, -0.15) is 0 Å². The first-order valence-electron chi connectivity index (χ1n) is 10.4. The summed E-state index contributed by atoms with van der Waals surface area (Å²) in [4.78, 5) is 0. The molecule has 0 aromatic heterocycles. The lowest BCUT2D eigenvalue weighted by Crippen LogP contribution is -2.35. The quantitative estimate of drug-likeness (QED) is 0.581. The van der Waals surface area contributed by atoms with Gasteiger partial charge in [0.1, 0.15) is 0 Å². The Labute approximate surface area is 163 Å². The van der Waals surface area contributed by atoms with Gasteiger partial charge >= 0.3 is 0 Å². The molecular formula is C20H34O6S. The molecule has 0 amide bonds. The van der Waals surface area contributed by atoms with E-state index in [1.165, 1.54) is 0 Å². The van der Waals surface area contributed by atoms with E-state index in [1.54, 1.807) is 13.8 Å². The first kappa shape index (κ1) is 20.1. The highest BCUT2D eigenvalue weighted by molar-refractivity contribution is 7.92. The monoisotopic (exact) mass is 402 g/mol. The molecule has 2 saturated carbocycles. The maximum Gasteiger partial charge on any atom is 0.203 e. The van der Waals surface area contributed by atoms with Crippen LogP contribution in [-0.2, 0) is 28.8 Å². The molecule has 4 aliphatic rings. The predicted molar refractivity (Wildman–Crippen MR) is 101 cm³/mol. The molecule has 8 unspecified atom stereocenters. The average molecular weight is 403 g/mol. The van der Waals surface area contributed by atoms with Crippen molar-refractivity contribution in [1.29, 1.82) is 0 Å². The third-order valence-electron chi connectivity index (χ3n) is 7.32. The third-order valence-corrected chi connectivity index (χ3v) is 9.44. The zero-order chi connectivity index (χ0) is 19.4. The molecule has 8 atom stereocenters. The van der Waals surface area contributed by atoms with E-state index in [-0.39, 0.29) is 11.2 Å². The molecule has 0 N–H and O–H groups in total. The van der Waals surface area contributed by atoms with Gasteiger partial charge in [-0.15, -0.1) is 0 Å². The van der Waals surface area contributed by atoms with Crippen molar-refractivity contribution in [1.82, 2.24) is 0 Å². The zero-order valence-corrected chi connectivity index (χ0v) is 17.8. The number of fused-ring (bicyclic) bond motifs is 2. The van der Waals surface area contributed by atoms with Crippen LogP contribution in [0.3, 0.4) is 0 Å². The first-order chi connectivity index (χ1) is 12.6. The molecule has 27 heavy (non-hydrogen) atoms. The van der Waals surface area contributed by atoms with Crippen LogP contribution in [-0.4, -0.2) is 55.9 Å². The lowest BCUT2D eigenvalue weighted by Gasteiger charge is -2.26. The Bertz CT molecular complexity index is 615. The summed E-state index contributed by atoms with van der Waals surface area (Å²) in [5.74, 6) is 0.768. The van der Waals surface area contributed by atoms with Gasteiger partial charge in [-0.1, -0.05) is 0 Å². The highest BCUT2D eigenvalue weighted by atomic mass is 32.2. The van der Waals surface area contributed by atoms with Crippen molar-refractivity contribution in [3.63, 3.8) is 0 Å². The lowest BCUT2D eigenvalue weighted by molar-refractivity contribution is 0.0521. The molecule has 0 bridgehead atoms. The SMILES string of the molecule is CC(OCC1CCC2(C)OC2C1)S(=O)(=O)C(C)OCC1CCC2(C)OC2C1. The Morgan fingerprint density at radius 3 is 1.67 bits per heavy atom. The van der Waals surface area contributed by atoms with Crippen LogP contribution in [0.5, 0.6) is 0 Å². The zero-order valence-electron chi connectivity index (χ0n) is 17.0. The van der Waals surface area contributed by atoms with E-state index in [4.69, 9.17) is 18.9 Å². The van der Waals surface area contributed by atoms with Crippen molar-refractivity contribution in [3.05, 3.63) is 0 Å². The first-order valence-corrected chi connectivity index (χ1v) is 12.0. The Kier molecular flexibility index (Phi) is 5.16. The highest BCUT2D eigenvalue weighted by Crippen LogP contribution is 2.50. The number of hydrogen-bond acceptors (Lipinski definition) is 6. The molecule has 6 nitrogen and oxygen atoms in total. The normalized spacial score (nSPS) is 45.5. The molecule has 0 aromatic rings. The number of sulfone groups is 1. The average Bonchev–Trinajstić information content (AvgIpc) is 3.49. The van der Waals surface area contributed by atoms with Gasteiger partial charge in [0.2, 0.25) is 9.84 Å². The molecular weight excluding hydrogens is 368 g/mol. The van der Waals surface area contributed by atoms with E-state index in [0.29, 0.717) is 37.3 Å². The van der Waals surface area contributed by atoms with Crippen LogP contribution in [0.1, 0.15) is 66.2 Å². The fourth-order valence-electron chi connectivity index (χ4n) is 4.74. The highest BCUT2D eigenvalue weighted by Gasteiger charge is 2.56. The fourth-order valence-corrected chi connectivity index (χ4v) is 5.82. The molecule has 156 valence electrons. The minimum atomic E-state index is -3.48. The van der Waals surface area contributed by atoms with Gasteiger partial charge in [0.05, 0.1) is 36.6 Å². The summed E-state index contributed by atoms with van der Waals surface area (Å²) in [7, 11) is -3.48. The second kappa shape index (κ2) is 6.94. The van der Waals surface area contributed by atoms with E-state index in [0.717, 1.165) is 38.5 Å². The fraction of sp³-hybridized carbons (Fsp3) is 1.00. The lowest BCUT2D eigenvalue weighted by atomic mass is 9.83. The Balaban J connectivity index is 1.19. The number of epoxide rings is 2. The molecule has 4 fully saturated rings. The summed E-state index contributed by atoms with van der Waals surface area (Å²) in [5.41, 5.74) is -1.53. The topological polar surface area (TPSA) is 77.7 Å². The van der Waals surface area contributed by atoms with Crippen LogP contribution >= 0.6 is 0 Å². The van der Waals surface area contributed by atoms with Gasteiger partial charge in [0, 0.05) is 0 Å². The summed E-state index contributed by atoms with van der Waals surface area (Å²) >= 11 is 0. The number of ether oxygens (including phenoxy) is 4. The summed E-state index contributed by atoms with van der Waals surface area (Å²) < 4.78 is 48.4. The molecule has 2 aliphatic heterocycles. The van der Waals surface area contributed by atoms with Crippen LogP contribution < -0.4 is 0 Å².